The van der Waals surface area contributed by atoms with Gasteiger partial charge in [-0.05, 0) is 92.4 Å². The molecule has 3 saturated carbocycles. The molecule has 5 heteroatoms. The molecule has 1 aromatic rings. The number of amides is 1. The predicted octanol–water partition coefficient (Wildman–Crippen LogP) is 5.89. The molecule has 1 heterocycles. The number of nitrogens with one attached hydrogen (secondary N) is 1. The number of carbonyl (C=O) groups excluding carboxylic acids is 2. The van der Waals surface area contributed by atoms with Crippen molar-refractivity contribution in [3.63, 3.8) is 0 Å². The van der Waals surface area contributed by atoms with Gasteiger partial charge in [0.25, 0.3) is 0 Å². The average molecular weight is 491 g/mol. The Morgan fingerprint density at radius 3 is 2.47 bits per heavy atom. The highest BCUT2D eigenvalue weighted by Crippen LogP contribution is 2.64. The van der Waals surface area contributed by atoms with Crippen LogP contribution in [-0.4, -0.2) is 31.4 Å². The minimum atomic E-state index is 0.0469. The first-order valence-electron chi connectivity index (χ1n) is 14.3. The van der Waals surface area contributed by atoms with Crippen molar-refractivity contribution in [1.29, 1.82) is 0 Å². The predicted molar refractivity (Wildman–Crippen MR) is 142 cm³/mol. The highest BCUT2D eigenvalue weighted by Gasteiger charge is 2.61. The Kier molecular flexibility index (Phi) is 5.96. The van der Waals surface area contributed by atoms with Crippen LogP contribution in [0.25, 0.3) is 0 Å². The van der Waals surface area contributed by atoms with Crippen LogP contribution in [0, 0.1) is 34.5 Å². The molecule has 194 valence electrons. The smallest absolute Gasteiger partial charge is 0.230 e. The second-order valence-electron chi connectivity index (χ2n) is 12.7. The Labute approximate surface area is 216 Å². The van der Waals surface area contributed by atoms with Gasteiger partial charge in [0, 0.05) is 47.8 Å². The minimum absolute atomic E-state index is 0.0469. The van der Waals surface area contributed by atoms with Crippen LogP contribution >= 0.6 is 0 Å². The molecule has 0 aromatic heterocycles. The van der Waals surface area contributed by atoms with E-state index in [1.807, 2.05) is 18.2 Å². The topological polar surface area (TPSA) is 58.6 Å². The second-order valence-corrected chi connectivity index (χ2v) is 12.7. The zero-order chi connectivity index (χ0) is 25.1. The molecular formula is C31H42N2O3. The van der Waals surface area contributed by atoms with Crippen LogP contribution in [0.15, 0.2) is 36.0 Å². The fourth-order valence-corrected chi connectivity index (χ4v) is 9.14. The number of methoxy groups -OCH3 is 1. The number of hydrogen-bond acceptors (Lipinski definition) is 4. The van der Waals surface area contributed by atoms with Gasteiger partial charge in [-0.1, -0.05) is 26.7 Å². The van der Waals surface area contributed by atoms with Crippen molar-refractivity contribution < 1.29 is 14.3 Å². The van der Waals surface area contributed by atoms with E-state index in [4.69, 9.17) is 4.74 Å². The number of nitrogens with zero attached hydrogens (tertiary/aromatic N) is 1. The van der Waals surface area contributed by atoms with Crippen molar-refractivity contribution >= 4 is 17.4 Å². The Hall–Kier alpha value is -2.30. The van der Waals surface area contributed by atoms with Crippen molar-refractivity contribution in [3.8, 4) is 5.75 Å². The Bertz CT molecular complexity index is 1060. The van der Waals surface area contributed by atoms with E-state index >= 15 is 0 Å². The molecule has 0 bridgehead atoms. The van der Waals surface area contributed by atoms with Gasteiger partial charge >= 0.3 is 0 Å². The molecule has 1 aromatic carbocycles. The maximum Gasteiger partial charge on any atom is 0.230 e. The summed E-state index contributed by atoms with van der Waals surface area (Å²) in [7, 11) is 1.69. The lowest BCUT2D eigenvalue weighted by Crippen LogP contribution is -2.57. The highest BCUT2D eigenvalue weighted by atomic mass is 16.5. The van der Waals surface area contributed by atoms with Gasteiger partial charge in [-0.15, -0.1) is 0 Å². The summed E-state index contributed by atoms with van der Waals surface area (Å²) in [6.07, 6.45) is 12.6. The molecule has 1 saturated heterocycles. The number of allylic oxidation sites excluding steroid dienone is 2. The monoisotopic (exact) mass is 490 g/mol. The maximum absolute atomic E-state index is 14.5. The lowest BCUT2D eigenvalue weighted by atomic mass is 9.50. The number of carbonyl (C=O) groups is 2. The molecule has 5 aliphatic rings. The molecule has 6 rings (SSSR count). The van der Waals surface area contributed by atoms with Gasteiger partial charge in [0.05, 0.1) is 7.11 Å². The summed E-state index contributed by atoms with van der Waals surface area (Å²) < 4.78 is 5.39. The summed E-state index contributed by atoms with van der Waals surface area (Å²) in [5.74, 6) is 3.30. The van der Waals surface area contributed by atoms with Gasteiger partial charge in [-0.25, -0.2) is 0 Å². The molecule has 0 unspecified atom stereocenters. The lowest BCUT2D eigenvalue weighted by Gasteiger charge is -2.58. The standard InChI is InChI=1S/C31H42N2O3/c1-30-17-15-26-24(19-32-28-18-22(34)14-16-31(26,28)2)25(30)12-13-27(30)29(35)33(20-6-4-5-7-20)21-8-10-23(36-3)11-9-21/h8-11,18,20,24-27,32H,4-7,12-17,19H2,1-3H3/t24-,25-,26-,27+,30-,31+/m0/s1. The minimum Gasteiger partial charge on any atom is -0.497 e. The van der Waals surface area contributed by atoms with Crippen molar-refractivity contribution in [2.75, 3.05) is 18.6 Å². The van der Waals surface area contributed by atoms with Crippen molar-refractivity contribution in [1.82, 2.24) is 5.32 Å². The average Bonchev–Trinajstić information content (AvgIpc) is 3.53. The summed E-state index contributed by atoms with van der Waals surface area (Å²) in [5, 5.41) is 3.70. The van der Waals surface area contributed by atoms with Crippen LogP contribution in [0.1, 0.15) is 78.1 Å². The molecule has 0 radical (unpaired) electrons. The number of anilines is 1. The van der Waals surface area contributed by atoms with Gasteiger partial charge < -0.3 is 15.0 Å². The van der Waals surface area contributed by atoms with E-state index in [9.17, 15) is 9.59 Å². The van der Waals surface area contributed by atoms with Crippen LogP contribution < -0.4 is 15.0 Å². The Balaban J connectivity index is 1.28. The maximum atomic E-state index is 14.5. The van der Waals surface area contributed by atoms with Crippen LogP contribution in [0.3, 0.4) is 0 Å². The van der Waals surface area contributed by atoms with E-state index in [-0.39, 0.29) is 22.5 Å². The molecule has 1 aliphatic heterocycles. The zero-order valence-electron chi connectivity index (χ0n) is 22.2. The third kappa shape index (κ3) is 3.63. The van der Waals surface area contributed by atoms with E-state index in [1.165, 1.54) is 18.5 Å². The van der Waals surface area contributed by atoms with Gasteiger partial charge in [-0.2, -0.15) is 0 Å². The summed E-state index contributed by atoms with van der Waals surface area (Å²) in [5.41, 5.74) is 2.34. The highest BCUT2D eigenvalue weighted by molar-refractivity contribution is 5.96. The normalized spacial score (nSPS) is 37.9. The second kappa shape index (κ2) is 8.92. The number of ether oxygens (including phenoxy) is 1. The van der Waals surface area contributed by atoms with Crippen molar-refractivity contribution in [2.24, 2.45) is 34.5 Å². The summed E-state index contributed by atoms with van der Waals surface area (Å²) in [6, 6.07) is 8.44. The number of benzene rings is 1. The molecule has 1 N–H and O–H groups in total. The number of rotatable bonds is 4. The van der Waals surface area contributed by atoms with Crippen LogP contribution in [0.2, 0.25) is 0 Å². The molecule has 0 spiro atoms. The first kappa shape index (κ1) is 24.1. The van der Waals surface area contributed by atoms with Gasteiger partial charge in [0.2, 0.25) is 5.91 Å². The van der Waals surface area contributed by atoms with Crippen LogP contribution in [0.5, 0.6) is 5.75 Å². The zero-order valence-corrected chi connectivity index (χ0v) is 22.2. The van der Waals surface area contributed by atoms with Gasteiger partial charge in [0.15, 0.2) is 5.78 Å². The van der Waals surface area contributed by atoms with Crippen LogP contribution in [0.4, 0.5) is 5.69 Å². The van der Waals surface area contributed by atoms with E-state index in [0.29, 0.717) is 36.1 Å². The first-order chi connectivity index (χ1) is 17.3. The van der Waals surface area contributed by atoms with Gasteiger partial charge in [-0.3, -0.25) is 9.59 Å². The van der Waals surface area contributed by atoms with E-state index < -0.39 is 0 Å². The molecule has 6 atom stereocenters. The Morgan fingerprint density at radius 2 is 1.75 bits per heavy atom. The van der Waals surface area contributed by atoms with Crippen LogP contribution in [-0.2, 0) is 9.59 Å². The SMILES string of the molecule is COc1ccc(N(C(=O)[C@H]2CC[C@H]3[C@@H]4CNC5=CC(=O)CC[C@]5(C)[C@H]4CC[C@]23C)C2CCCC2)cc1. The van der Waals surface area contributed by atoms with Gasteiger partial charge in [0.1, 0.15) is 5.75 Å². The molecular weight excluding hydrogens is 448 g/mol. The van der Waals surface area contributed by atoms with E-state index in [1.54, 1.807) is 7.11 Å². The molecule has 1 amide bonds. The number of piperidine rings is 1. The quantitative estimate of drug-likeness (QED) is 0.572. The molecule has 4 fully saturated rings. The first-order valence-corrected chi connectivity index (χ1v) is 14.3. The fourth-order valence-electron chi connectivity index (χ4n) is 9.14. The molecule has 5 nitrogen and oxygen atoms in total. The largest absolute Gasteiger partial charge is 0.497 e. The number of hydrogen-bond donors (Lipinski definition) is 1. The van der Waals surface area contributed by atoms with E-state index in [0.717, 1.165) is 62.9 Å². The van der Waals surface area contributed by atoms with Crippen molar-refractivity contribution in [2.45, 2.75) is 84.1 Å². The van der Waals surface area contributed by atoms with Crippen molar-refractivity contribution in [3.05, 3.63) is 36.0 Å². The number of fused-ring (bicyclic) bond motifs is 5. The van der Waals surface area contributed by atoms with E-state index in [2.05, 4.69) is 36.2 Å². The number of ketones is 1. The third-order valence-electron chi connectivity index (χ3n) is 11.2. The third-order valence-corrected chi connectivity index (χ3v) is 11.2. The molecule has 4 aliphatic carbocycles. The summed E-state index contributed by atoms with van der Waals surface area (Å²) in [4.78, 5) is 28.8. The Morgan fingerprint density at radius 1 is 1.00 bits per heavy atom. The summed E-state index contributed by atoms with van der Waals surface area (Å²) >= 11 is 0. The summed E-state index contributed by atoms with van der Waals surface area (Å²) in [6.45, 7) is 5.77. The molecule has 36 heavy (non-hydrogen) atoms. The lowest BCUT2D eigenvalue weighted by molar-refractivity contribution is -0.130. The fraction of sp³-hybridized carbons (Fsp3) is 0.677.